The average Bonchev–Trinajstić information content (AvgIpc) is 1.69. The van der Waals surface area contributed by atoms with Crippen molar-refractivity contribution in [3.05, 3.63) is 11.1 Å². The molecule has 0 N–H and O–H groups in total. The number of carbonyl (C=O) groups excluding carboxylic acids is 1. The molecule has 0 aliphatic rings. The Bertz CT molecular complexity index is 108. The molecule has 0 bridgehead atoms. The summed E-state index contributed by atoms with van der Waals surface area (Å²) in [7, 11) is 0. The highest BCUT2D eigenvalue weighted by Crippen LogP contribution is 2.12. The van der Waals surface area contributed by atoms with E-state index in [1.165, 1.54) is 0 Å². The molecular weight excluding hydrogens is 170 g/mol. The zero-order valence-electron chi connectivity index (χ0n) is 3.77. The zero-order chi connectivity index (χ0) is 6.57. The third kappa shape index (κ3) is 2.55. The quantitative estimate of drug-likeness (QED) is 0.355. The number of alkyl halides is 2. The van der Waals surface area contributed by atoms with E-state index in [2.05, 4.69) is 0 Å². The van der Waals surface area contributed by atoms with Crippen LogP contribution in [0.3, 0.4) is 0 Å². The monoisotopic (exact) mass is 172 g/mol. The van der Waals surface area contributed by atoms with Crippen LogP contribution in [0, 0.1) is 0 Å². The van der Waals surface area contributed by atoms with Crippen LogP contribution in [0.1, 0.15) is 0 Å². The maximum atomic E-state index is 9.86. The van der Waals surface area contributed by atoms with Crippen LogP contribution in [0.2, 0.25) is 0 Å². The second kappa shape index (κ2) is 4.19. The lowest BCUT2D eigenvalue weighted by Gasteiger charge is -1.92. The van der Waals surface area contributed by atoms with Gasteiger partial charge in [0.15, 0.2) is 0 Å². The summed E-state index contributed by atoms with van der Waals surface area (Å²) in [5.74, 6) is 0. The van der Waals surface area contributed by atoms with Crippen LogP contribution in [-0.4, -0.2) is 11.1 Å². The summed E-state index contributed by atoms with van der Waals surface area (Å²) in [4.78, 5) is 9.04. The minimum Gasteiger partial charge on any atom is -0.298 e. The number of rotatable bonds is 2. The van der Waals surface area contributed by atoms with E-state index in [4.69, 9.17) is 34.8 Å². The fraction of sp³-hybridized carbons (Fsp3) is 0.250. The smallest absolute Gasteiger partial charge is 0.149 e. The standard InChI is InChI=1S/C4H3Cl3O/c5-1-3(2-8)4(6)7/h1-2,4H/b3-1-. The number of hydrogen-bond donors (Lipinski definition) is 0. The Labute approximate surface area is 62.2 Å². The maximum Gasteiger partial charge on any atom is 0.149 e. The van der Waals surface area contributed by atoms with Crippen LogP contribution in [0.15, 0.2) is 11.1 Å². The van der Waals surface area contributed by atoms with Gasteiger partial charge in [0.2, 0.25) is 0 Å². The fourth-order valence-electron chi connectivity index (χ4n) is 0.125. The van der Waals surface area contributed by atoms with E-state index in [0.717, 1.165) is 5.54 Å². The molecule has 0 unspecified atom stereocenters. The van der Waals surface area contributed by atoms with Gasteiger partial charge in [-0.05, 0) is 0 Å². The largest absolute Gasteiger partial charge is 0.298 e. The van der Waals surface area contributed by atoms with Crippen molar-refractivity contribution >= 4 is 41.1 Å². The SMILES string of the molecule is O=C/C(=C/Cl)C(Cl)Cl. The van der Waals surface area contributed by atoms with E-state index in [0.29, 0.717) is 6.29 Å². The Morgan fingerprint density at radius 1 is 1.50 bits per heavy atom. The van der Waals surface area contributed by atoms with Crippen LogP contribution in [-0.2, 0) is 4.79 Å². The van der Waals surface area contributed by atoms with Crippen molar-refractivity contribution in [2.75, 3.05) is 0 Å². The summed E-state index contributed by atoms with van der Waals surface area (Å²) in [6.45, 7) is 0. The molecule has 0 fully saturated rings. The predicted octanol–water partition coefficient (Wildman–Crippen LogP) is 2.11. The van der Waals surface area contributed by atoms with Gasteiger partial charge in [0, 0.05) is 11.1 Å². The van der Waals surface area contributed by atoms with Crippen LogP contribution in [0.5, 0.6) is 0 Å². The molecule has 0 aliphatic carbocycles. The summed E-state index contributed by atoms with van der Waals surface area (Å²) in [6, 6.07) is 0. The molecule has 4 heteroatoms. The molecular formula is C4H3Cl3O. The lowest BCUT2D eigenvalue weighted by Crippen LogP contribution is -1.92. The van der Waals surface area contributed by atoms with E-state index in [1.807, 2.05) is 0 Å². The van der Waals surface area contributed by atoms with Crippen LogP contribution in [0.4, 0.5) is 0 Å². The lowest BCUT2D eigenvalue weighted by atomic mass is 10.4. The van der Waals surface area contributed by atoms with Crippen molar-refractivity contribution in [3.63, 3.8) is 0 Å². The highest BCUT2D eigenvalue weighted by atomic mass is 35.5. The molecule has 0 aliphatic heterocycles. The third-order valence-electron chi connectivity index (χ3n) is 0.514. The Kier molecular flexibility index (Phi) is 4.33. The average molecular weight is 173 g/mol. The van der Waals surface area contributed by atoms with Gasteiger partial charge in [0.25, 0.3) is 0 Å². The molecule has 0 aromatic carbocycles. The van der Waals surface area contributed by atoms with Gasteiger partial charge in [-0.15, -0.1) is 0 Å². The van der Waals surface area contributed by atoms with Crippen molar-refractivity contribution < 1.29 is 4.79 Å². The topological polar surface area (TPSA) is 17.1 Å². The van der Waals surface area contributed by atoms with Gasteiger partial charge < -0.3 is 0 Å². The first-order valence-electron chi connectivity index (χ1n) is 1.76. The van der Waals surface area contributed by atoms with Gasteiger partial charge >= 0.3 is 0 Å². The zero-order valence-corrected chi connectivity index (χ0v) is 6.04. The second-order valence-electron chi connectivity index (χ2n) is 1.03. The fourth-order valence-corrected chi connectivity index (χ4v) is 0.660. The van der Waals surface area contributed by atoms with Crippen LogP contribution in [0.25, 0.3) is 0 Å². The molecule has 0 amide bonds. The van der Waals surface area contributed by atoms with Crippen molar-refractivity contribution in [3.8, 4) is 0 Å². The van der Waals surface area contributed by atoms with Crippen molar-refractivity contribution in [1.29, 1.82) is 0 Å². The Morgan fingerprint density at radius 2 is 2.00 bits per heavy atom. The third-order valence-corrected chi connectivity index (χ3v) is 1.27. The van der Waals surface area contributed by atoms with Gasteiger partial charge in [0.05, 0.1) is 0 Å². The molecule has 0 heterocycles. The maximum absolute atomic E-state index is 9.86. The first-order valence-corrected chi connectivity index (χ1v) is 3.07. The first kappa shape index (κ1) is 8.28. The minimum atomic E-state index is -0.815. The van der Waals surface area contributed by atoms with Crippen molar-refractivity contribution in [2.45, 2.75) is 4.84 Å². The van der Waals surface area contributed by atoms with E-state index in [1.54, 1.807) is 0 Å². The molecule has 0 saturated carbocycles. The van der Waals surface area contributed by atoms with Crippen molar-refractivity contribution in [1.82, 2.24) is 0 Å². The lowest BCUT2D eigenvalue weighted by molar-refractivity contribution is -0.104. The van der Waals surface area contributed by atoms with Gasteiger partial charge in [0.1, 0.15) is 11.1 Å². The number of hydrogen-bond acceptors (Lipinski definition) is 1. The molecule has 46 valence electrons. The highest BCUT2D eigenvalue weighted by molar-refractivity contribution is 6.48. The summed E-state index contributed by atoms with van der Waals surface area (Å²) < 4.78 is 0. The Balaban J connectivity index is 3.91. The molecule has 0 atom stereocenters. The van der Waals surface area contributed by atoms with Crippen LogP contribution < -0.4 is 0 Å². The van der Waals surface area contributed by atoms with E-state index in [-0.39, 0.29) is 5.57 Å². The summed E-state index contributed by atoms with van der Waals surface area (Å²) >= 11 is 15.6. The normalized spacial score (nSPS) is 12.2. The molecule has 0 spiro atoms. The predicted molar refractivity (Wildman–Crippen MR) is 35.5 cm³/mol. The number of halogens is 3. The highest BCUT2D eigenvalue weighted by Gasteiger charge is 2.03. The molecule has 0 saturated heterocycles. The summed E-state index contributed by atoms with van der Waals surface area (Å²) in [5, 5.41) is 0. The second-order valence-corrected chi connectivity index (χ2v) is 2.34. The Morgan fingerprint density at radius 3 is 2.00 bits per heavy atom. The molecule has 0 rings (SSSR count). The van der Waals surface area contributed by atoms with Gasteiger partial charge in [-0.25, -0.2) is 0 Å². The summed E-state index contributed by atoms with van der Waals surface area (Å²) in [6.07, 6.45) is 0.512. The van der Waals surface area contributed by atoms with E-state index < -0.39 is 4.84 Å². The molecule has 0 aromatic rings. The number of carbonyl (C=O) groups is 1. The molecule has 0 aromatic heterocycles. The van der Waals surface area contributed by atoms with Gasteiger partial charge in [-0.1, -0.05) is 34.8 Å². The van der Waals surface area contributed by atoms with E-state index in [9.17, 15) is 4.79 Å². The minimum absolute atomic E-state index is 0.176. The first-order chi connectivity index (χ1) is 3.72. The van der Waals surface area contributed by atoms with E-state index >= 15 is 0 Å². The van der Waals surface area contributed by atoms with Gasteiger partial charge in [-0.3, -0.25) is 4.79 Å². The van der Waals surface area contributed by atoms with Gasteiger partial charge in [-0.2, -0.15) is 0 Å². The number of allylic oxidation sites excluding steroid dienone is 1. The Hall–Kier alpha value is 0.280. The molecule has 8 heavy (non-hydrogen) atoms. The van der Waals surface area contributed by atoms with Crippen molar-refractivity contribution in [2.24, 2.45) is 0 Å². The molecule has 1 nitrogen and oxygen atoms in total. The van der Waals surface area contributed by atoms with Crippen LogP contribution >= 0.6 is 34.8 Å². The number of aldehydes is 1. The molecule has 0 radical (unpaired) electrons. The summed E-state index contributed by atoms with van der Waals surface area (Å²) in [5.41, 5.74) is 1.23.